The lowest BCUT2D eigenvalue weighted by atomic mass is 9.96. The molecule has 0 saturated carbocycles. The molecule has 2 aromatic heterocycles. The lowest BCUT2D eigenvalue weighted by Gasteiger charge is -2.35. The number of pyridine rings is 1. The summed E-state index contributed by atoms with van der Waals surface area (Å²) in [6.07, 6.45) is 6.57. The molecule has 1 unspecified atom stereocenters. The van der Waals surface area contributed by atoms with Crippen molar-refractivity contribution >= 4 is 16.8 Å². The van der Waals surface area contributed by atoms with Gasteiger partial charge >= 0.3 is 0 Å². The number of nitrogens with one attached hydrogen (secondary N) is 2. The molecule has 1 saturated heterocycles. The molecular weight excluding hydrogens is 304 g/mol. The van der Waals surface area contributed by atoms with Crippen LogP contribution >= 0.6 is 0 Å². The molecule has 1 amide bonds. The molecule has 1 fully saturated rings. The summed E-state index contributed by atoms with van der Waals surface area (Å²) >= 11 is 0. The van der Waals surface area contributed by atoms with Crippen LogP contribution in [-0.4, -0.2) is 32.5 Å². The zero-order chi connectivity index (χ0) is 16.5. The molecule has 24 heavy (non-hydrogen) atoms. The molecule has 3 aromatic rings. The topological polar surface area (TPSA) is 81.8 Å². The minimum atomic E-state index is -0.256. The third kappa shape index (κ3) is 2.50. The number of carbonyl (C=O) groups excluding carboxylic acids is 1. The van der Waals surface area contributed by atoms with Gasteiger partial charge in [0.05, 0.1) is 17.8 Å². The van der Waals surface area contributed by atoms with Crippen molar-refractivity contribution in [3.05, 3.63) is 64.2 Å². The lowest BCUT2D eigenvalue weighted by molar-refractivity contribution is 0.0613. The van der Waals surface area contributed by atoms with E-state index in [4.69, 9.17) is 0 Å². The summed E-state index contributed by atoms with van der Waals surface area (Å²) in [4.78, 5) is 29.8. The SMILES string of the molecule is O=C(c1cc(=O)[nH]c2ccccc12)N1CCCCC1c1cn[nH]c1. The lowest BCUT2D eigenvalue weighted by Crippen LogP contribution is -2.38. The Labute approximate surface area is 138 Å². The van der Waals surface area contributed by atoms with Gasteiger partial charge in [0.1, 0.15) is 0 Å². The Morgan fingerprint density at radius 1 is 1.25 bits per heavy atom. The maximum absolute atomic E-state index is 13.2. The van der Waals surface area contributed by atoms with Crippen LogP contribution in [0.3, 0.4) is 0 Å². The van der Waals surface area contributed by atoms with Crippen LogP contribution in [0.4, 0.5) is 0 Å². The van der Waals surface area contributed by atoms with Crippen molar-refractivity contribution < 1.29 is 4.79 Å². The number of benzene rings is 1. The summed E-state index contributed by atoms with van der Waals surface area (Å²) in [6.45, 7) is 0.690. The number of nitrogens with zero attached hydrogens (tertiary/aromatic N) is 2. The third-order valence-corrected chi connectivity index (χ3v) is 4.65. The first-order valence-corrected chi connectivity index (χ1v) is 8.16. The highest BCUT2D eigenvalue weighted by molar-refractivity contribution is 6.06. The Bertz CT molecular complexity index is 930. The summed E-state index contributed by atoms with van der Waals surface area (Å²) in [5.74, 6) is -0.0943. The van der Waals surface area contributed by atoms with Crippen LogP contribution < -0.4 is 5.56 Å². The Balaban J connectivity index is 1.79. The average molecular weight is 322 g/mol. The van der Waals surface area contributed by atoms with E-state index < -0.39 is 0 Å². The molecule has 0 bridgehead atoms. The van der Waals surface area contributed by atoms with Gasteiger partial charge < -0.3 is 9.88 Å². The monoisotopic (exact) mass is 322 g/mol. The maximum Gasteiger partial charge on any atom is 0.255 e. The van der Waals surface area contributed by atoms with Crippen molar-refractivity contribution in [2.45, 2.75) is 25.3 Å². The van der Waals surface area contributed by atoms with Gasteiger partial charge in [-0.1, -0.05) is 18.2 Å². The first kappa shape index (κ1) is 14.7. The third-order valence-electron chi connectivity index (χ3n) is 4.65. The zero-order valence-corrected chi connectivity index (χ0v) is 13.2. The van der Waals surface area contributed by atoms with Crippen LogP contribution in [0.5, 0.6) is 0 Å². The predicted molar refractivity (Wildman–Crippen MR) is 90.8 cm³/mol. The second-order valence-electron chi connectivity index (χ2n) is 6.13. The summed E-state index contributed by atoms with van der Waals surface area (Å²) in [5.41, 5.74) is 1.90. The first-order valence-electron chi connectivity index (χ1n) is 8.16. The van der Waals surface area contributed by atoms with E-state index in [9.17, 15) is 9.59 Å². The van der Waals surface area contributed by atoms with Crippen LogP contribution in [0.15, 0.2) is 47.5 Å². The quantitative estimate of drug-likeness (QED) is 0.761. The molecule has 2 N–H and O–H groups in total. The Morgan fingerprint density at radius 2 is 2.12 bits per heavy atom. The fourth-order valence-electron chi connectivity index (χ4n) is 3.50. The van der Waals surface area contributed by atoms with Gasteiger partial charge in [-0.15, -0.1) is 0 Å². The summed E-state index contributed by atoms with van der Waals surface area (Å²) < 4.78 is 0. The smallest absolute Gasteiger partial charge is 0.255 e. The molecule has 0 radical (unpaired) electrons. The summed E-state index contributed by atoms with van der Waals surface area (Å²) in [7, 11) is 0. The fraction of sp³-hybridized carbons (Fsp3) is 0.278. The normalized spacial score (nSPS) is 18.0. The number of rotatable bonds is 2. The van der Waals surface area contributed by atoms with E-state index in [0.29, 0.717) is 17.6 Å². The van der Waals surface area contributed by atoms with Gasteiger partial charge in [0.15, 0.2) is 0 Å². The molecule has 6 nitrogen and oxygen atoms in total. The number of aromatic nitrogens is 3. The number of piperidine rings is 1. The van der Waals surface area contributed by atoms with Gasteiger partial charge in [0.2, 0.25) is 5.56 Å². The number of H-pyrrole nitrogens is 2. The number of carbonyl (C=O) groups is 1. The number of para-hydroxylation sites is 1. The van der Waals surface area contributed by atoms with Gasteiger partial charge in [0, 0.05) is 35.3 Å². The van der Waals surface area contributed by atoms with Crippen LogP contribution in [0.25, 0.3) is 10.9 Å². The van der Waals surface area contributed by atoms with Crippen molar-refractivity contribution in [2.24, 2.45) is 0 Å². The largest absolute Gasteiger partial charge is 0.331 e. The van der Waals surface area contributed by atoms with Gasteiger partial charge in [-0.25, -0.2) is 0 Å². The number of hydrogen-bond acceptors (Lipinski definition) is 3. The number of fused-ring (bicyclic) bond motifs is 1. The van der Waals surface area contributed by atoms with E-state index in [1.165, 1.54) is 6.07 Å². The molecule has 3 heterocycles. The molecule has 122 valence electrons. The van der Waals surface area contributed by atoms with E-state index >= 15 is 0 Å². The van der Waals surface area contributed by atoms with E-state index in [2.05, 4.69) is 15.2 Å². The highest BCUT2D eigenvalue weighted by Crippen LogP contribution is 2.32. The van der Waals surface area contributed by atoms with Gasteiger partial charge in [0.25, 0.3) is 5.91 Å². The predicted octanol–water partition coefficient (Wildman–Crippen LogP) is 2.62. The molecule has 1 atom stereocenters. The Kier molecular flexibility index (Phi) is 3.65. The van der Waals surface area contributed by atoms with Crippen LogP contribution in [-0.2, 0) is 0 Å². The molecule has 1 aliphatic heterocycles. The van der Waals surface area contributed by atoms with E-state index in [0.717, 1.165) is 30.2 Å². The maximum atomic E-state index is 13.2. The molecule has 4 rings (SSSR count). The highest BCUT2D eigenvalue weighted by Gasteiger charge is 2.30. The number of amides is 1. The molecule has 1 aromatic carbocycles. The van der Waals surface area contributed by atoms with E-state index in [1.54, 1.807) is 6.20 Å². The number of aromatic amines is 2. The summed E-state index contributed by atoms with van der Waals surface area (Å²) in [6, 6.07) is 8.82. The van der Waals surface area contributed by atoms with Gasteiger partial charge in [-0.2, -0.15) is 5.10 Å². The van der Waals surface area contributed by atoms with Gasteiger partial charge in [-0.05, 0) is 25.3 Å². The number of hydrogen-bond donors (Lipinski definition) is 2. The molecule has 0 aliphatic carbocycles. The van der Waals surface area contributed by atoms with Crippen LogP contribution in [0, 0.1) is 0 Å². The molecule has 6 heteroatoms. The van der Waals surface area contributed by atoms with E-state index in [1.807, 2.05) is 35.4 Å². The fourth-order valence-corrected chi connectivity index (χ4v) is 3.50. The minimum absolute atomic E-state index is 0.00282. The van der Waals surface area contributed by atoms with Crippen molar-refractivity contribution in [2.75, 3.05) is 6.54 Å². The van der Waals surface area contributed by atoms with Crippen LogP contribution in [0.1, 0.15) is 41.2 Å². The first-order chi connectivity index (χ1) is 11.7. The van der Waals surface area contributed by atoms with Crippen LogP contribution in [0.2, 0.25) is 0 Å². The standard InChI is InChI=1S/C18H18N4O2/c23-17-9-14(13-5-1-2-6-15(13)21-17)18(24)22-8-4-3-7-16(22)12-10-19-20-11-12/h1-2,5-6,9-11,16H,3-4,7-8H2,(H,19,20)(H,21,23). The minimum Gasteiger partial charge on any atom is -0.331 e. The molecule has 0 spiro atoms. The van der Waals surface area contributed by atoms with Crippen molar-refractivity contribution in [1.82, 2.24) is 20.1 Å². The molecular formula is C18H18N4O2. The Hall–Kier alpha value is -2.89. The van der Waals surface area contributed by atoms with Crippen molar-refractivity contribution in [3.8, 4) is 0 Å². The van der Waals surface area contributed by atoms with E-state index in [-0.39, 0.29) is 17.5 Å². The van der Waals surface area contributed by atoms with Crippen molar-refractivity contribution in [1.29, 1.82) is 0 Å². The molecule has 1 aliphatic rings. The highest BCUT2D eigenvalue weighted by atomic mass is 16.2. The zero-order valence-electron chi connectivity index (χ0n) is 13.2. The Morgan fingerprint density at radius 3 is 2.96 bits per heavy atom. The van der Waals surface area contributed by atoms with Gasteiger partial charge in [-0.3, -0.25) is 14.7 Å². The van der Waals surface area contributed by atoms with Crippen molar-refractivity contribution in [3.63, 3.8) is 0 Å². The number of likely N-dealkylation sites (tertiary alicyclic amines) is 1. The second kappa shape index (κ2) is 5.96. The summed E-state index contributed by atoms with van der Waals surface area (Å²) in [5, 5.41) is 7.61. The second-order valence-corrected chi connectivity index (χ2v) is 6.13. The average Bonchev–Trinajstić information content (AvgIpc) is 3.15.